The summed E-state index contributed by atoms with van der Waals surface area (Å²) in [7, 11) is 0. The van der Waals surface area contributed by atoms with Crippen LogP contribution in [0.3, 0.4) is 0 Å². The molecule has 1 aromatic rings. The number of halogens is 2. The molecular formula is C11H14ClIN2. The SMILES string of the molecule is CCC1CCC(c2ncc(I)c(Cl)n2)C1. The van der Waals surface area contributed by atoms with Crippen molar-refractivity contribution in [2.24, 2.45) is 5.92 Å². The van der Waals surface area contributed by atoms with Crippen molar-refractivity contribution in [3.05, 3.63) is 20.7 Å². The standard InChI is InChI=1S/C11H14ClIN2/c1-2-7-3-4-8(5-7)11-14-6-9(13)10(12)15-11/h6-8H,2-5H2,1H3. The molecule has 1 aliphatic rings. The van der Waals surface area contributed by atoms with Crippen molar-refractivity contribution in [3.8, 4) is 0 Å². The molecule has 0 aliphatic heterocycles. The molecule has 2 nitrogen and oxygen atoms in total. The molecule has 1 aromatic heterocycles. The van der Waals surface area contributed by atoms with Gasteiger partial charge in [0.1, 0.15) is 11.0 Å². The molecule has 4 heteroatoms. The van der Waals surface area contributed by atoms with Gasteiger partial charge in [0.25, 0.3) is 0 Å². The van der Waals surface area contributed by atoms with Gasteiger partial charge in [0, 0.05) is 12.1 Å². The molecule has 2 unspecified atom stereocenters. The summed E-state index contributed by atoms with van der Waals surface area (Å²) in [6.07, 6.45) is 6.86. The molecule has 0 radical (unpaired) electrons. The van der Waals surface area contributed by atoms with Crippen LogP contribution >= 0.6 is 34.2 Å². The Balaban J connectivity index is 2.13. The van der Waals surface area contributed by atoms with E-state index in [1.807, 2.05) is 6.20 Å². The van der Waals surface area contributed by atoms with E-state index in [-0.39, 0.29) is 0 Å². The summed E-state index contributed by atoms with van der Waals surface area (Å²) < 4.78 is 0.933. The number of hydrogen-bond acceptors (Lipinski definition) is 2. The van der Waals surface area contributed by atoms with Crippen LogP contribution in [0.5, 0.6) is 0 Å². The summed E-state index contributed by atoms with van der Waals surface area (Å²) in [6.45, 7) is 2.26. The van der Waals surface area contributed by atoms with E-state index in [0.29, 0.717) is 11.1 Å². The van der Waals surface area contributed by atoms with Crippen molar-refractivity contribution in [3.63, 3.8) is 0 Å². The molecule has 0 bridgehead atoms. The quantitative estimate of drug-likeness (QED) is 0.602. The summed E-state index contributed by atoms with van der Waals surface area (Å²) in [6, 6.07) is 0. The maximum Gasteiger partial charge on any atom is 0.146 e. The second-order valence-corrected chi connectivity index (χ2v) is 5.67. The molecule has 1 saturated carbocycles. The van der Waals surface area contributed by atoms with E-state index >= 15 is 0 Å². The first-order valence-electron chi connectivity index (χ1n) is 5.38. The molecule has 2 rings (SSSR count). The fourth-order valence-electron chi connectivity index (χ4n) is 2.24. The minimum Gasteiger partial charge on any atom is -0.240 e. The lowest BCUT2D eigenvalue weighted by Crippen LogP contribution is -2.02. The van der Waals surface area contributed by atoms with E-state index < -0.39 is 0 Å². The fraction of sp³-hybridized carbons (Fsp3) is 0.636. The van der Waals surface area contributed by atoms with Gasteiger partial charge in [-0.3, -0.25) is 0 Å². The van der Waals surface area contributed by atoms with Crippen molar-refractivity contribution in [2.45, 2.75) is 38.5 Å². The molecule has 0 amide bonds. The van der Waals surface area contributed by atoms with Gasteiger partial charge < -0.3 is 0 Å². The third-order valence-electron chi connectivity index (χ3n) is 3.20. The zero-order chi connectivity index (χ0) is 10.8. The molecule has 1 aliphatic carbocycles. The Bertz CT molecular complexity index is 356. The predicted molar refractivity (Wildman–Crippen MR) is 70.1 cm³/mol. The van der Waals surface area contributed by atoms with Gasteiger partial charge >= 0.3 is 0 Å². The average Bonchev–Trinajstić information content (AvgIpc) is 2.70. The Morgan fingerprint density at radius 3 is 2.93 bits per heavy atom. The van der Waals surface area contributed by atoms with E-state index in [9.17, 15) is 0 Å². The zero-order valence-electron chi connectivity index (χ0n) is 8.71. The third-order valence-corrected chi connectivity index (χ3v) is 4.60. The minimum absolute atomic E-state index is 0.532. The lowest BCUT2D eigenvalue weighted by Gasteiger charge is -2.09. The first kappa shape index (κ1) is 11.6. The topological polar surface area (TPSA) is 25.8 Å². The highest BCUT2D eigenvalue weighted by atomic mass is 127. The van der Waals surface area contributed by atoms with Crippen LogP contribution in [0.15, 0.2) is 6.20 Å². The van der Waals surface area contributed by atoms with Crippen LogP contribution in [0.4, 0.5) is 0 Å². The van der Waals surface area contributed by atoms with Gasteiger partial charge in [0.15, 0.2) is 0 Å². The lowest BCUT2D eigenvalue weighted by atomic mass is 10.0. The van der Waals surface area contributed by atoms with Gasteiger partial charge in [-0.2, -0.15) is 0 Å². The lowest BCUT2D eigenvalue weighted by molar-refractivity contribution is 0.516. The number of aromatic nitrogens is 2. The highest BCUT2D eigenvalue weighted by Gasteiger charge is 2.26. The van der Waals surface area contributed by atoms with E-state index in [1.54, 1.807) is 0 Å². The smallest absolute Gasteiger partial charge is 0.146 e. The summed E-state index contributed by atoms with van der Waals surface area (Å²) >= 11 is 8.16. The van der Waals surface area contributed by atoms with Crippen LogP contribution in [0.1, 0.15) is 44.3 Å². The van der Waals surface area contributed by atoms with Crippen molar-refractivity contribution < 1.29 is 0 Å². The summed E-state index contributed by atoms with van der Waals surface area (Å²) in [5.41, 5.74) is 0. The van der Waals surface area contributed by atoms with Gasteiger partial charge in [-0.05, 0) is 47.8 Å². The first-order chi connectivity index (χ1) is 7.20. The van der Waals surface area contributed by atoms with E-state index in [0.717, 1.165) is 15.3 Å². The number of nitrogens with zero attached hydrogens (tertiary/aromatic N) is 2. The van der Waals surface area contributed by atoms with Gasteiger partial charge in [-0.15, -0.1) is 0 Å². The Kier molecular flexibility index (Phi) is 3.83. The number of hydrogen-bond donors (Lipinski definition) is 0. The Labute approximate surface area is 109 Å². The molecule has 2 atom stereocenters. The molecule has 1 heterocycles. The number of rotatable bonds is 2. The van der Waals surface area contributed by atoms with Crippen LogP contribution in [0.2, 0.25) is 5.15 Å². The summed E-state index contributed by atoms with van der Waals surface area (Å²) in [5.74, 6) is 2.33. The van der Waals surface area contributed by atoms with Crippen molar-refractivity contribution in [1.29, 1.82) is 0 Å². The van der Waals surface area contributed by atoms with E-state index in [4.69, 9.17) is 11.6 Å². The van der Waals surface area contributed by atoms with Crippen molar-refractivity contribution in [1.82, 2.24) is 9.97 Å². The normalized spacial score (nSPS) is 25.8. The maximum atomic E-state index is 6.00. The van der Waals surface area contributed by atoms with Gasteiger partial charge in [0.2, 0.25) is 0 Å². The molecule has 82 valence electrons. The monoisotopic (exact) mass is 336 g/mol. The Morgan fingerprint density at radius 1 is 1.53 bits per heavy atom. The fourth-order valence-corrected chi connectivity index (χ4v) is 2.63. The first-order valence-corrected chi connectivity index (χ1v) is 6.84. The second-order valence-electron chi connectivity index (χ2n) is 4.15. The minimum atomic E-state index is 0.532. The van der Waals surface area contributed by atoms with Crippen LogP contribution in [0, 0.1) is 9.49 Å². The molecule has 0 N–H and O–H groups in total. The van der Waals surface area contributed by atoms with Crippen LogP contribution in [0.25, 0.3) is 0 Å². The summed E-state index contributed by atoms with van der Waals surface area (Å²) in [4.78, 5) is 8.76. The van der Waals surface area contributed by atoms with Gasteiger partial charge in [0.05, 0.1) is 3.57 Å². The molecular weight excluding hydrogens is 322 g/mol. The highest BCUT2D eigenvalue weighted by molar-refractivity contribution is 14.1. The third kappa shape index (κ3) is 2.61. The molecule has 15 heavy (non-hydrogen) atoms. The van der Waals surface area contributed by atoms with Gasteiger partial charge in [-0.1, -0.05) is 24.9 Å². The highest BCUT2D eigenvalue weighted by Crippen LogP contribution is 2.38. The van der Waals surface area contributed by atoms with Crippen molar-refractivity contribution >= 4 is 34.2 Å². The molecule has 0 aromatic carbocycles. The average molecular weight is 337 g/mol. The van der Waals surface area contributed by atoms with Gasteiger partial charge in [-0.25, -0.2) is 9.97 Å². The zero-order valence-corrected chi connectivity index (χ0v) is 11.6. The molecule has 1 fully saturated rings. The van der Waals surface area contributed by atoms with Crippen LogP contribution < -0.4 is 0 Å². The van der Waals surface area contributed by atoms with E-state index in [1.165, 1.54) is 25.7 Å². The maximum absolute atomic E-state index is 6.00. The van der Waals surface area contributed by atoms with Crippen LogP contribution in [-0.4, -0.2) is 9.97 Å². The Hall–Kier alpha value is 0.1000. The molecule has 0 saturated heterocycles. The van der Waals surface area contributed by atoms with E-state index in [2.05, 4.69) is 39.5 Å². The summed E-state index contributed by atoms with van der Waals surface area (Å²) in [5, 5.41) is 0.598. The van der Waals surface area contributed by atoms with Crippen LogP contribution in [-0.2, 0) is 0 Å². The Morgan fingerprint density at radius 2 is 2.33 bits per heavy atom. The predicted octanol–water partition coefficient (Wildman–Crippen LogP) is 4.03. The molecule has 0 spiro atoms. The second kappa shape index (κ2) is 4.95. The van der Waals surface area contributed by atoms with Crippen molar-refractivity contribution in [2.75, 3.05) is 0 Å². The largest absolute Gasteiger partial charge is 0.240 e.